The van der Waals surface area contributed by atoms with Gasteiger partial charge in [-0.3, -0.25) is 4.98 Å². The summed E-state index contributed by atoms with van der Waals surface area (Å²) < 4.78 is 0. The van der Waals surface area contributed by atoms with Crippen LogP contribution in [0, 0.1) is 0 Å². The van der Waals surface area contributed by atoms with Gasteiger partial charge in [-0.05, 0) is 54.1 Å². The van der Waals surface area contributed by atoms with Crippen LogP contribution in [0.15, 0.2) is 42.7 Å². The molecule has 1 heterocycles. The van der Waals surface area contributed by atoms with Crippen LogP contribution in [0.2, 0.25) is 0 Å². The molecule has 0 aliphatic heterocycles. The van der Waals surface area contributed by atoms with E-state index >= 15 is 0 Å². The maximum Gasteiger partial charge on any atom is 0.0306 e. The molecule has 0 unspecified atom stereocenters. The van der Waals surface area contributed by atoms with E-state index in [2.05, 4.69) is 42.2 Å². The Morgan fingerprint density at radius 3 is 2.61 bits per heavy atom. The summed E-state index contributed by atoms with van der Waals surface area (Å²) in [5, 5.41) is 0. The Kier molecular flexibility index (Phi) is 4.48. The Morgan fingerprint density at radius 1 is 1.06 bits per heavy atom. The molecule has 0 radical (unpaired) electrons. The van der Waals surface area contributed by atoms with E-state index in [1.165, 1.54) is 22.3 Å². The lowest BCUT2D eigenvalue weighted by molar-refractivity contribution is 0.830. The molecule has 2 nitrogen and oxygen atoms in total. The van der Waals surface area contributed by atoms with Crippen molar-refractivity contribution in [2.45, 2.75) is 26.2 Å². The van der Waals surface area contributed by atoms with Gasteiger partial charge in [-0.25, -0.2) is 0 Å². The molecule has 2 N–H and O–H groups in total. The molecule has 0 amide bonds. The highest BCUT2D eigenvalue weighted by Crippen LogP contribution is 2.27. The minimum atomic E-state index is 0.726. The van der Waals surface area contributed by atoms with Gasteiger partial charge in [0, 0.05) is 12.4 Å². The van der Waals surface area contributed by atoms with E-state index in [0.29, 0.717) is 0 Å². The highest BCUT2D eigenvalue weighted by molar-refractivity contribution is 5.70. The lowest BCUT2D eigenvalue weighted by Gasteiger charge is -2.12. The molecule has 1 aromatic heterocycles. The first-order chi connectivity index (χ1) is 8.86. The normalized spacial score (nSPS) is 10.6. The summed E-state index contributed by atoms with van der Waals surface area (Å²) in [4.78, 5) is 4.24. The average Bonchev–Trinajstić information content (AvgIpc) is 2.45. The van der Waals surface area contributed by atoms with Gasteiger partial charge >= 0.3 is 0 Å². The lowest BCUT2D eigenvalue weighted by atomic mass is 9.94. The van der Waals surface area contributed by atoms with Gasteiger partial charge in [0.15, 0.2) is 0 Å². The molecule has 0 aliphatic carbocycles. The average molecular weight is 240 g/mol. The Hall–Kier alpha value is -1.67. The number of hydrogen-bond acceptors (Lipinski definition) is 2. The minimum absolute atomic E-state index is 0.726. The van der Waals surface area contributed by atoms with Gasteiger partial charge in [0.1, 0.15) is 0 Å². The van der Waals surface area contributed by atoms with Crippen LogP contribution in [0.5, 0.6) is 0 Å². The molecule has 18 heavy (non-hydrogen) atoms. The zero-order chi connectivity index (χ0) is 12.8. The molecule has 2 rings (SSSR count). The van der Waals surface area contributed by atoms with E-state index in [0.717, 1.165) is 25.8 Å². The van der Waals surface area contributed by atoms with Crippen LogP contribution in [0.4, 0.5) is 0 Å². The maximum atomic E-state index is 5.60. The van der Waals surface area contributed by atoms with Crippen molar-refractivity contribution >= 4 is 0 Å². The van der Waals surface area contributed by atoms with Gasteiger partial charge in [0.2, 0.25) is 0 Å². The molecule has 2 heteroatoms. The first-order valence-electron chi connectivity index (χ1n) is 6.58. The highest BCUT2D eigenvalue weighted by atomic mass is 14.6. The SMILES string of the molecule is CCc1ccccc1-c1ccncc1CCCN. The second kappa shape index (κ2) is 6.31. The van der Waals surface area contributed by atoms with Crippen molar-refractivity contribution in [1.29, 1.82) is 0 Å². The summed E-state index contributed by atoms with van der Waals surface area (Å²) in [5.74, 6) is 0. The lowest BCUT2D eigenvalue weighted by Crippen LogP contribution is -2.02. The third-order valence-corrected chi connectivity index (χ3v) is 3.24. The number of nitrogens with zero attached hydrogens (tertiary/aromatic N) is 1. The summed E-state index contributed by atoms with van der Waals surface area (Å²) in [7, 11) is 0. The van der Waals surface area contributed by atoms with Crippen molar-refractivity contribution < 1.29 is 0 Å². The predicted octanol–water partition coefficient (Wildman–Crippen LogP) is 3.20. The number of nitrogens with two attached hydrogens (primary N) is 1. The standard InChI is InChI=1S/C16H20N2/c1-2-13-6-3-4-8-15(13)16-9-11-18-12-14(16)7-5-10-17/h3-4,6,8-9,11-12H,2,5,7,10,17H2,1H3. The molecule has 0 spiro atoms. The summed E-state index contributed by atoms with van der Waals surface area (Å²) in [6.07, 6.45) is 6.89. The number of aromatic nitrogens is 1. The second-order valence-corrected chi connectivity index (χ2v) is 4.44. The van der Waals surface area contributed by atoms with E-state index in [1.54, 1.807) is 0 Å². The Labute approximate surface area is 109 Å². The van der Waals surface area contributed by atoms with Crippen molar-refractivity contribution in [3.05, 3.63) is 53.9 Å². The van der Waals surface area contributed by atoms with Gasteiger partial charge in [-0.2, -0.15) is 0 Å². The smallest absolute Gasteiger partial charge is 0.0306 e. The first-order valence-corrected chi connectivity index (χ1v) is 6.58. The number of rotatable bonds is 5. The fourth-order valence-corrected chi connectivity index (χ4v) is 2.27. The molecule has 0 fully saturated rings. The predicted molar refractivity (Wildman–Crippen MR) is 76.4 cm³/mol. The number of hydrogen-bond donors (Lipinski definition) is 1. The van der Waals surface area contributed by atoms with Crippen LogP contribution in [0.3, 0.4) is 0 Å². The van der Waals surface area contributed by atoms with Crippen LogP contribution in [0.25, 0.3) is 11.1 Å². The highest BCUT2D eigenvalue weighted by Gasteiger charge is 2.07. The molecular weight excluding hydrogens is 220 g/mol. The fourth-order valence-electron chi connectivity index (χ4n) is 2.27. The first kappa shape index (κ1) is 12.8. The summed E-state index contributed by atoms with van der Waals surface area (Å²) in [6.45, 7) is 2.92. The molecule has 2 aromatic rings. The minimum Gasteiger partial charge on any atom is -0.330 e. The van der Waals surface area contributed by atoms with E-state index < -0.39 is 0 Å². The molecule has 0 saturated heterocycles. The van der Waals surface area contributed by atoms with Crippen molar-refractivity contribution in [1.82, 2.24) is 4.98 Å². The molecular formula is C16H20N2. The maximum absolute atomic E-state index is 5.60. The summed E-state index contributed by atoms with van der Waals surface area (Å²) in [5.41, 5.74) is 10.9. The molecule has 0 aliphatic rings. The largest absolute Gasteiger partial charge is 0.330 e. The second-order valence-electron chi connectivity index (χ2n) is 4.44. The van der Waals surface area contributed by atoms with E-state index in [1.807, 2.05) is 12.4 Å². The third-order valence-electron chi connectivity index (χ3n) is 3.24. The van der Waals surface area contributed by atoms with Crippen molar-refractivity contribution in [3.63, 3.8) is 0 Å². The number of pyridine rings is 1. The summed E-state index contributed by atoms with van der Waals surface area (Å²) >= 11 is 0. The Bertz CT molecular complexity index is 506. The van der Waals surface area contributed by atoms with Gasteiger partial charge in [0.05, 0.1) is 0 Å². The Balaban J connectivity index is 2.43. The Morgan fingerprint density at radius 2 is 1.83 bits per heavy atom. The van der Waals surface area contributed by atoms with E-state index in [9.17, 15) is 0 Å². The van der Waals surface area contributed by atoms with Crippen molar-refractivity contribution in [2.75, 3.05) is 6.54 Å². The number of benzene rings is 1. The third kappa shape index (κ3) is 2.77. The van der Waals surface area contributed by atoms with Crippen molar-refractivity contribution in [2.24, 2.45) is 5.73 Å². The van der Waals surface area contributed by atoms with Crippen LogP contribution in [-0.4, -0.2) is 11.5 Å². The van der Waals surface area contributed by atoms with Gasteiger partial charge in [-0.1, -0.05) is 31.2 Å². The van der Waals surface area contributed by atoms with Gasteiger partial charge in [-0.15, -0.1) is 0 Å². The van der Waals surface area contributed by atoms with Crippen LogP contribution in [0.1, 0.15) is 24.5 Å². The van der Waals surface area contributed by atoms with Gasteiger partial charge < -0.3 is 5.73 Å². The fraction of sp³-hybridized carbons (Fsp3) is 0.312. The number of aryl methyl sites for hydroxylation is 2. The quantitative estimate of drug-likeness (QED) is 0.871. The van der Waals surface area contributed by atoms with Crippen LogP contribution < -0.4 is 5.73 Å². The summed E-state index contributed by atoms with van der Waals surface area (Å²) in [6, 6.07) is 10.7. The molecule has 1 aromatic carbocycles. The molecule has 0 bridgehead atoms. The zero-order valence-corrected chi connectivity index (χ0v) is 10.9. The van der Waals surface area contributed by atoms with Crippen LogP contribution >= 0.6 is 0 Å². The topological polar surface area (TPSA) is 38.9 Å². The van der Waals surface area contributed by atoms with E-state index in [4.69, 9.17) is 5.73 Å². The molecule has 94 valence electrons. The monoisotopic (exact) mass is 240 g/mol. The van der Waals surface area contributed by atoms with Gasteiger partial charge in [0.25, 0.3) is 0 Å². The van der Waals surface area contributed by atoms with Crippen LogP contribution in [-0.2, 0) is 12.8 Å². The molecule has 0 atom stereocenters. The van der Waals surface area contributed by atoms with E-state index in [-0.39, 0.29) is 0 Å². The zero-order valence-electron chi connectivity index (χ0n) is 10.9. The van der Waals surface area contributed by atoms with Crippen molar-refractivity contribution in [3.8, 4) is 11.1 Å². The molecule has 0 saturated carbocycles.